The van der Waals surface area contributed by atoms with E-state index in [4.69, 9.17) is 4.74 Å². The quantitative estimate of drug-likeness (QED) is 0.774. The van der Waals surface area contributed by atoms with E-state index in [1.807, 2.05) is 0 Å². The SMILES string of the molecule is CCCc1ccc2c(c1)CN(C(C)C)CO2. The molecular weight excluding hydrogens is 198 g/mol. The molecular formula is C14H21NO. The van der Waals surface area contributed by atoms with E-state index in [-0.39, 0.29) is 0 Å². The van der Waals surface area contributed by atoms with Crippen LogP contribution in [0.25, 0.3) is 0 Å². The minimum atomic E-state index is 0.544. The fourth-order valence-electron chi connectivity index (χ4n) is 2.09. The zero-order chi connectivity index (χ0) is 11.5. The first-order valence-electron chi connectivity index (χ1n) is 6.19. The van der Waals surface area contributed by atoms with Gasteiger partial charge in [0.05, 0.1) is 0 Å². The standard InChI is InChI=1S/C14H21NO/c1-4-5-12-6-7-14-13(8-12)9-15(10-16-14)11(2)3/h6-8,11H,4-5,9-10H2,1-3H3. The van der Waals surface area contributed by atoms with Crippen molar-refractivity contribution in [3.8, 4) is 5.75 Å². The van der Waals surface area contributed by atoms with Crippen LogP contribution in [0.15, 0.2) is 18.2 Å². The largest absolute Gasteiger partial charge is 0.478 e. The van der Waals surface area contributed by atoms with Crippen LogP contribution in [-0.2, 0) is 13.0 Å². The van der Waals surface area contributed by atoms with Crippen LogP contribution >= 0.6 is 0 Å². The number of ether oxygens (including phenoxy) is 1. The Kier molecular flexibility index (Phi) is 3.49. The number of nitrogens with zero attached hydrogens (tertiary/aromatic N) is 1. The van der Waals surface area contributed by atoms with Gasteiger partial charge in [0.1, 0.15) is 12.5 Å². The molecule has 1 aromatic carbocycles. The fourth-order valence-corrected chi connectivity index (χ4v) is 2.09. The number of hydrogen-bond acceptors (Lipinski definition) is 2. The maximum absolute atomic E-state index is 5.76. The second-order valence-corrected chi connectivity index (χ2v) is 4.81. The minimum Gasteiger partial charge on any atom is -0.478 e. The molecule has 1 aliphatic heterocycles. The number of fused-ring (bicyclic) bond motifs is 1. The highest BCUT2D eigenvalue weighted by Gasteiger charge is 2.19. The Morgan fingerprint density at radius 2 is 2.19 bits per heavy atom. The molecule has 0 unspecified atom stereocenters. The number of benzene rings is 1. The Bertz CT molecular complexity index is 360. The summed E-state index contributed by atoms with van der Waals surface area (Å²) in [5, 5.41) is 0. The lowest BCUT2D eigenvalue weighted by Crippen LogP contribution is -2.37. The molecule has 0 spiro atoms. The number of rotatable bonds is 3. The molecule has 0 saturated heterocycles. The summed E-state index contributed by atoms with van der Waals surface area (Å²) < 4.78 is 5.76. The van der Waals surface area contributed by atoms with Gasteiger partial charge >= 0.3 is 0 Å². The monoisotopic (exact) mass is 219 g/mol. The summed E-state index contributed by atoms with van der Waals surface area (Å²) in [5.41, 5.74) is 2.77. The van der Waals surface area contributed by atoms with Crippen LogP contribution in [0.1, 0.15) is 38.3 Å². The van der Waals surface area contributed by atoms with Gasteiger partial charge in [-0.2, -0.15) is 0 Å². The lowest BCUT2D eigenvalue weighted by atomic mass is 10.0. The number of aryl methyl sites for hydroxylation is 1. The summed E-state index contributed by atoms with van der Waals surface area (Å²) in [6, 6.07) is 7.15. The molecule has 2 heteroatoms. The van der Waals surface area contributed by atoms with Crippen molar-refractivity contribution in [3.63, 3.8) is 0 Å². The molecule has 0 amide bonds. The molecule has 0 N–H and O–H groups in total. The second kappa shape index (κ2) is 4.88. The lowest BCUT2D eigenvalue weighted by Gasteiger charge is -2.32. The summed E-state index contributed by atoms with van der Waals surface area (Å²) >= 11 is 0. The molecule has 1 heterocycles. The third-order valence-electron chi connectivity index (χ3n) is 3.15. The molecule has 2 rings (SSSR count). The van der Waals surface area contributed by atoms with Crippen molar-refractivity contribution in [1.82, 2.24) is 4.90 Å². The lowest BCUT2D eigenvalue weighted by molar-refractivity contribution is 0.0686. The molecule has 0 aliphatic carbocycles. The van der Waals surface area contributed by atoms with Gasteiger partial charge < -0.3 is 4.74 Å². The van der Waals surface area contributed by atoms with E-state index in [1.165, 1.54) is 17.5 Å². The smallest absolute Gasteiger partial charge is 0.142 e. The highest BCUT2D eigenvalue weighted by Crippen LogP contribution is 2.27. The average molecular weight is 219 g/mol. The van der Waals surface area contributed by atoms with Crippen molar-refractivity contribution in [2.75, 3.05) is 6.73 Å². The van der Waals surface area contributed by atoms with Gasteiger partial charge in [-0.05, 0) is 31.9 Å². The molecule has 0 atom stereocenters. The summed E-state index contributed by atoms with van der Waals surface area (Å²) in [4.78, 5) is 2.35. The molecule has 2 nitrogen and oxygen atoms in total. The predicted molar refractivity (Wildman–Crippen MR) is 66.6 cm³/mol. The van der Waals surface area contributed by atoms with E-state index in [2.05, 4.69) is 43.9 Å². The maximum Gasteiger partial charge on any atom is 0.142 e. The molecule has 16 heavy (non-hydrogen) atoms. The van der Waals surface area contributed by atoms with Crippen molar-refractivity contribution < 1.29 is 4.74 Å². The zero-order valence-electron chi connectivity index (χ0n) is 10.5. The Morgan fingerprint density at radius 1 is 1.38 bits per heavy atom. The highest BCUT2D eigenvalue weighted by atomic mass is 16.5. The van der Waals surface area contributed by atoms with E-state index >= 15 is 0 Å². The third kappa shape index (κ3) is 2.38. The molecule has 88 valence electrons. The van der Waals surface area contributed by atoms with Gasteiger partial charge in [0, 0.05) is 18.2 Å². The molecule has 1 aliphatic rings. The van der Waals surface area contributed by atoms with Crippen molar-refractivity contribution in [3.05, 3.63) is 29.3 Å². The second-order valence-electron chi connectivity index (χ2n) is 4.81. The van der Waals surface area contributed by atoms with Gasteiger partial charge in [0.25, 0.3) is 0 Å². The predicted octanol–water partition coefficient (Wildman–Crippen LogP) is 3.20. The molecule has 0 saturated carbocycles. The van der Waals surface area contributed by atoms with E-state index in [0.29, 0.717) is 6.04 Å². The Balaban J connectivity index is 2.18. The van der Waals surface area contributed by atoms with Gasteiger partial charge in [0.15, 0.2) is 0 Å². The van der Waals surface area contributed by atoms with E-state index in [1.54, 1.807) is 0 Å². The van der Waals surface area contributed by atoms with E-state index < -0.39 is 0 Å². The zero-order valence-corrected chi connectivity index (χ0v) is 10.5. The maximum atomic E-state index is 5.76. The summed E-state index contributed by atoms with van der Waals surface area (Å²) in [7, 11) is 0. The van der Waals surface area contributed by atoms with Crippen LogP contribution in [0, 0.1) is 0 Å². The highest BCUT2D eigenvalue weighted by molar-refractivity contribution is 5.38. The van der Waals surface area contributed by atoms with Crippen LogP contribution < -0.4 is 4.74 Å². The Morgan fingerprint density at radius 3 is 2.88 bits per heavy atom. The first-order chi connectivity index (χ1) is 7.70. The Labute approximate surface area is 98.2 Å². The normalized spacial score (nSPS) is 16.0. The molecule has 0 fully saturated rings. The van der Waals surface area contributed by atoms with Crippen LogP contribution in [0.2, 0.25) is 0 Å². The van der Waals surface area contributed by atoms with Crippen molar-refractivity contribution in [2.24, 2.45) is 0 Å². The number of hydrogen-bond donors (Lipinski definition) is 0. The van der Waals surface area contributed by atoms with Crippen molar-refractivity contribution in [2.45, 2.75) is 46.2 Å². The van der Waals surface area contributed by atoms with Crippen LogP contribution in [0.4, 0.5) is 0 Å². The van der Waals surface area contributed by atoms with Gasteiger partial charge in [-0.1, -0.05) is 25.5 Å². The van der Waals surface area contributed by atoms with Crippen LogP contribution in [0.5, 0.6) is 5.75 Å². The van der Waals surface area contributed by atoms with E-state index in [0.717, 1.165) is 25.4 Å². The van der Waals surface area contributed by atoms with Gasteiger partial charge in [0.2, 0.25) is 0 Å². The minimum absolute atomic E-state index is 0.544. The molecule has 0 radical (unpaired) electrons. The third-order valence-corrected chi connectivity index (χ3v) is 3.15. The van der Waals surface area contributed by atoms with Gasteiger partial charge in [-0.3, -0.25) is 4.90 Å². The van der Waals surface area contributed by atoms with Gasteiger partial charge in [-0.15, -0.1) is 0 Å². The first-order valence-corrected chi connectivity index (χ1v) is 6.19. The summed E-state index contributed by atoms with van der Waals surface area (Å²) in [5.74, 6) is 1.07. The summed E-state index contributed by atoms with van der Waals surface area (Å²) in [6.07, 6.45) is 2.36. The van der Waals surface area contributed by atoms with E-state index in [9.17, 15) is 0 Å². The van der Waals surface area contributed by atoms with Crippen molar-refractivity contribution in [1.29, 1.82) is 0 Å². The Hall–Kier alpha value is -1.02. The van der Waals surface area contributed by atoms with Gasteiger partial charge in [-0.25, -0.2) is 0 Å². The first kappa shape index (κ1) is 11.5. The topological polar surface area (TPSA) is 12.5 Å². The van der Waals surface area contributed by atoms with Crippen LogP contribution in [0.3, 0.4) is 0 Å². The molecule has 0 aromatic heterocycles. The fraction of sp³-hybridized carbons (Fsp3) is 0.571. The molecule has 0 bridgehead atoms. The van der Waals surface area contributed by atoms with Crippen LogP contribution in [-0.4, -0.2) is 17.7 Å². The van der Waals surface area contributed by atoms with Crippen molar-refractivity contribution >= 4 is 0 Å². The molecule has 1 aromatic rings. The average Bonchev–Trinajstić information content (AvgIpc) is 2.28. The summed E-state index contributed by atoms with van der Waals surface area (Å²) in [6.45, 7) is 8.38.